The van der Waals surface area contributed by atoms with Crippen molar-refractivity contribution >= 4 is 5.91 Å². The Hall–Kier alpha value is -2.10. The standard InChI is InChI=1S/C19H25N3O/c23-19(18-13-21-22-14-18)20-11-10-15-6-8-17(9-7-15)12-16-4-2-1-3-5-16/h1-5,13-15,17H,6-12H2,(H,20,23)(H,21,22). The summed E-state index contributed by atoms with van der Waals surface area (Å²) in [5.41, 5.74) is 2.07. The van der Waals surface area contributed by atoms with E-state index >= 15 is 0 Å². The van der Waals surface area contributed by atoms with Gasteiger partial charge in [0.2, 0.25) is 0 Å². The van der Waals surface area contributed by atoms with E-state index in [4.69, 9.17) is 0 Å². The summed E-state index contributed by atoms with van der Waals surface area (Å²) in [6, 6.07) is 10.8. The first-order chi connectivity index (χ1) is 11.3. The van der Waals surface area contributed by atoms with Crippen molar-refractivity contribution < 1.29 is 4.79 Å². The molecule has 0 aliphatic heterocycles. The van der Waals surface area contributed by atoms with E-state index in [9.17, 15) is 4.79 Å². The molecule has 1 amide bonds. The van der Waals surface area contributed by atoms with E-state index in [-0.39, 0.29) is 5.91 Å². The Balaban J connectivity index is 1.34. The summed E-state index contributed by atoms with van der Waals surface area (Å²) in [5, 5.41) is 9.45. The van der Waals surface area contributed by atoms with Gasteiger partial charge in [0, 0.05) is 12.7 Å². The van der Waals surface area contributed by atoms with E-state index in [0.717, 1.165) is 24.8 Å². The number of carbonyl (C=O) groups is 1. The molecule has 2 N–H and O–H groups in total. The van der Waals surface area contributed by atoms with Crippen LogP contribution in [-0.2, 0) is 6.42 Å². The molecule has 1 saturated carbocycles. The van der Waals surface area contributed by atoms with Crippen LogP contribution >= 0.6 is 0 Å². The lowest BCUT2D eigenvalue weighted by atomic mass is 9.78. The second-order valence-corrected chi connectivity index (χ2v) is 6.61. The number of aromatic amines is 1. The van der Waals surface area contributed by atoms with Gasteiger partial charge in [-0.15, -0.1) is 0 Å². The molecule has 2 aromatic rings. The van der Waals surface area contributed by atoms with Crippen LogP contribution in [0.5, 0.6) is 0 Å². The number of carbonyl (C=O) groups excluding carboxylic acids is 1. The third-order valence-electron chi connectivity index (χ3n) is 4.93. The van der Waals surface area contributed by atoms with E-state index in [0.29, 0.717) is 5.56 Å². The molecule has 1 aliphatic rings. The molecular weight excluding hydrogens is 286 g/mol. The van der Waals surface area contributed by atoms with Gasteiger partial charge < -0.3 is 5.32 Å². The van der Waals surface area contributed by atoms with Crippen LogP contribution in [0.1, 0.15) is 48.0 Å². The summed E-state index contributed by atoms with van der Waals surface area (Å²) in [6.07, 6.45) is 10.7. The largest absolute Gasteiger partial charge is 0.352 e. The van der Waals surface area contributed by atoms with E-state index in [1.165, 1.54) is 37.7 Å². The van der Waals surface area contributed by atoms with Crippen molar-refractivity contribution in [2.24, 2.45) is 11.8 Å². The molecule has 122 valence electrons. The lowest BCUT2D eigenvalue weighted by Gasteiger charge is -2.28. The van der Waals surface area contributed by atoms with Crippen LogP contribution in [0.4, 0.5) is 0 Å². The summed E-state index contributed by atoms with van der Waals surface area (Å²) in [4.78, 5) is 11.8. The molecule has 1 heterocycles. The number of nitrogens with one attached hydrogen (secondary N) is 2. The SMILES string of the molecule is O=C(NCCC1CCC(Cc2ccccc2)CC1)c1cn[nH]c1. The Kier molecular flexibility index (Phi) is 5.46. The first-order valence-electron chi connectivity index (χ1n) is 8.62. The topological polar surface area (TPSA) is 57.8 Å². The minimum atomic E-state index is -0.0310. The van der Waals surface area contributed by atoms with Gasteiger partial charge in [-0.25, -0.2) is 0 Å². The summed E-state index contributed by atoms with van der Waals surface area (Å²) in [7, 11) is 0. The molecule has 0 radical (unpaired) electrons. The third kappa shape index (κ3) is 4.68. The zero-order valence-electron chi connectivity index (χ0n) is 13.5. The number of hydrogen-bond acceptors (Lipinski definition) is 2. The van der Waals surface area contributed by atoms with Crippen molar-refractivity contribution in [2.45, 2.75) is 38.5 Å². The molecule has 23 heavy (non-hydrogen) atoms. The van der Waals surface area contributed by atoms with E-state index < -0.39 is 0 Å². The summed E-state index contributed by atoms with van der Waals surface area (Å²) < 4.78 is 0. The number of amides is 1. The van der Waals surface area contributed by atoms with E-state index in [1.807, 2.05) is 0 Å². The van der Waals surface area contributed by atoms with Crippen LogP contribution in [-0.4, -0.2) is 22.6 Å². The molecule has 4 heteroatoms. The first kappa shape index (κ1) is 15.8. The van der Waals surface area contributed by atoms with E-state index in [2.05, 4.69) is 45.8 Å². The minimum absolute atomic E-state index is 0.0310. The van der Waals surface area contributed by atoms with Gasteiger partial charge in [-0.05, 0) is 43.1 Å². The zero-order valence-corrected chi connectivity index (χ0v) is 13.5. The molecule has 1 aliphatic carbocycles. The minimum Gasteiger partial charge on any atom is -0.352 e. The fourth-order valence-corrected chi connectivity index (χ4v) is 3.54. The average molecular weight is 311 g/mol. The van der Waals surface area contributed by atoms with Gasteiger partial charge in [-0.3, -0.25) is 9.89 Å². The lowest BCUT2D eigenvalue weighted by molar-refractivity contribution is 0.0949. The second kappa shape index (κ2) is 7.95. The fraction of sp³-hybridized carbons (Fsp3) is 0.474. The van der Waals surface area contributed by atoms with Gasteiger partial charge in [0.05, 0.1) is 11.8 Å². The van der Waals surface area contributed by atoms with Crippen LogP contribution in [0.25, 0.3) is 0 Å². The van der Waals surface area contributed by atoms with Crippen molar-refractivity contribution in [1.82, 2.24) is 15.5 Å². The monoisotopic (exact) mass is 311 g/mol. The Morgan fingerprint density at radius 1 is 1.13 bits per heavy atom. The van der Waals surface area contributed by atoms with Gasteiger partial charge in [0.25, 0.3) is 5.91 Å². The summed E-state index contributed by atoms with van der Waals surface area (Å²) in [5.74, 6) is 1.55. The molecule has 0 saturated heterocycles. The molecule has 1 aromatic heterocycles. The fourth-order valence-electron chi connectivity index (χ4n) is 3.54. The average Bonchev–Trinajstić information content (AvgIpc) is 3.12. The van der Waals surface area contributed by atoms with Crippen molar-refractivity contribution in [3.63, 3.8) is 0 Å². The quantitative estimate of drug-likeness (QED) is 0.856. The third-order valence-corrected chi connectivity index (χ3v) is 4.93. The summed E-state index contributed by atoms with van der Waals surface area (Å²) in [6.45, 7) is 0.762. The Labute approximate surface area is 137 Å². The Morgan fingerprint density at radius 3 is 2.57 bits per heavy atom. The maximum Gasteiger partial charge on any atom is 0.254 e. The van der Waals surface area contributed by atoms with Crippen LogP contribution in [0.3, 0.4) is 0 Å². The normalized spacial score (nSPS) is 21.0. The molecule has 0 atom stereocenters. The van der Waals surface area contributed by atoms with Crippen molar-refractivity contribution in [2.75, 3.05) is 6.54 Å². The Bertz CT molecular complexity index is 586. The number of aromatic nitrogens is 2. The number of hydrogen-bond donors (Lipinski definition) is 2. The Morgan fingerprint density at radius 2 is 1.87 bits per heavy atom. The summed E-state index contributed by atoms with van der Waals surface area (Å²) >= 11 is 0. The number of benzene rings is 1. The van der Waals surface area contributed by atoms with Crippen LogP contribution in [0.2, 0.25) is 0 Å². The van der Waals surface area contributed by atoms with Crippen LogP contribution in [0.15, 0.2) is 42.7 Å². The highest BCUT2D eigenvalue weighted by atomic mass is 16.1. The highest BCUT2D eigenvalue weighted by Crippen LogP contribution is 2.32. The molecule has 3 rings (SSSR count). The van der Waals surface area contributed by atoms with Gasteiger partial charge in [-0.2, -0.15) is 5.10 Å². The maximum absolute atomic E-state index is 11.8. The molecule has 1 aromatic carbocycles. The van der Waals surface area contributed by atoms with Gasteiger partial charge in [-0.1, -0.05) is 43.2 Å². The van der Waals surface area contributed by atoms with Crippen molar-refractivity contribution in [1.29, 1.82) is 0 Å². The van der Waals surface area contributed by atoms with Crippen molar-refractivity contribution in [3.05, 3.63) is 53.9 Å². The predicted molar refractivity (Wildman–Crippen MR) is 91.1 cm³/mol. The molecule has 0 spiro atoms. The highest BCUT2D eigenvalue weighted by Gasteiger charge is 2.21. The van der Waals surface area contributed by atoms with Gasteiger partial charge in [0.15, 0.2) is 0 Å². The zero-order chi connectivity index (χ0) is 15.9. The number of rotatable bonds is 6. The lowest BCUT2D eigenvalue weighted by Crippen LogP contribution is -2.27. The molecule has 0 unspecified atom stereocenters. The van der Waals surface area contributed by atoms with Crippen LogP contribution < -0.4 is 5.32 Å². The first-order valence-corrected chi connectivity index (χ1v) is 8.62. The van der Waals surface area contributed by atoms with Crippen molar-refractivity contribution in [3.8, 4) is 0 Å². The number of H-pyrrole nitrogens is 1. The van der Waals surface area contributed by atoms with Crippen LogP contribution in [0, 0.1) is 11.8 Å². The predicted octanol–water partition coefficient (Wildman–Crippen LogP) is 3.58. The highest BCUT2D eigenvalue weighted by molar-refractivity contribution is 5.93. The number of nitrogens with zero attached hydrogens (tertiary/aromatic N) is 1. The second-order valence-electron chi connectivity index (χ2n) is 6.61. The van der Waals surface area contributed by atoms with Gasteiger partial charge >= 0.3 is 0 Å². The molecule has 1 fully saturated rings. The maximum atomic E-state index is 11.8. The van der Waals surface area contributed by atoms with E-state index in [1.54, 1.807) is 12.4 Å². The smallest absolute Gasteiger partial charge is 0.254 e. The van der Waals surface area contributed by atoms with Gasteiger partial charge in [0.1, 0.15) is 0 Å². The molecular formula is C19H25N3O. The molecule has 4 nitrogen and oxygen atoms in total. The molecule has 0 bridgehead atoms.